The Kier molecular flexibility index (Phi) is 4.33. The molecule has 0 spiro atoms. The van der Waals surface area contributed by atoms with E-state index >= 15 is 0 Å². The Labute approximate surface area is 110 Å². The monoisotopic (exact) mass is 306 g/mol. The van der Waals surface area contributed by atoms with Gasteiger partial charge >= 0.3 is 9.84 Å². The molecule has 0 heterocycles. The molecule has 0 aliphatic heterocycles. The van der Waals surface area contributed by atoms with Gasteiger partial charge in [-0.2, -0.15) is 13.2 Å². The number of hydrogen-bond donors (Lipinski definition) is 1. The summed E-state index contributed by atoms with van der Waals surface area (Å²) >= 11 is 9.14. The molecular weight excluding hydrogens is 300 g/mol. The molecule has 1 aromatic rings. The van der Waals surface area contributed by atoms with E-state index in [-0.39, 0.29) is 22.4 Å². The van der Waals surface area contributed by atoms with Crippen molar-refractivity contribution in [3.63, 3.8) is 0 Å². The van der Waals surface area contributed by atoms with E-state index in [4.69, 9.17) is 27.9 Å². The summed E-state index contributed by atoms with van der Waals surface area (Å²) in [5.41, 5.74) is 0. The van der Waals surface area contributed by atoms with Crippen LogP contribution in [0.2, 0.25) is 0 Å². The summed E-state index contributed by atoms with van der Waals surface area (Å²) in [5, 5.41) is 5.31. The summed E-state index contributed by atoms with van der Waals surface area (Å²) in [6.45, 7) is 0. The van der Waals surface area contributed by atoms with E-state index in [2.05, 4.69) is 0 Å². The summed E-state index contributed by atoms with van der Waals surface area (Å²) in [6, 6.07) is 3.59. The summed E-state index contributed by atoms with van der Waals surface area (Å²) in [6.07, 6.45) is 0. The number of phenols is 1. The van der Waals surface area contributed by atoms with Gasteiger partial charge in [0.25, 0.3) is 0 Å². The molecule has 17 heavy (non-hydrogen) atoms. The van der Waals surface area contributed by atoms with Crippen LogP contribution >= 0.6 is 35.0 Å². The lowest BCUT2D eigenvalue weighted by Crippen LogP contribution is -2.30. The Hall–Kier alpha value is -0.460. The van der Waals surface area contributed by atoms with Gasteiger partial charge in [-0.25, -0.2) is 0 Å². The predicted molar refractivity (Wildman–Crippen MR) is 61.0 cm³/mol. The Morgan fingerprint density at radius 2 is 1.88 bits per heavy atom. The van der Waals surface area contributed by atoms with Crippen molar-refractivity contribution in [1.29, 1.82) is 0 Å². The van der Waals surface area contributed by atoms with Crippen LogP contribution in [0.15, 0.2) is 23.1 Å². The second kappa shape index (κ2) is 5.04. The minimum Gasteiger partial charge on any atom is -0.507 e. The summed E-state index contributed by atoms with van der Waals surface area (Å²) < 4.78 is 40.1. The van der Waals surface area contributed by atoms with Crippen LogP contribution in [-0.2, 0) is 0 Å². The molecule has 0 aromatic heterocycles. The van der Waals surface area contributed by atoms with Gasteiger partial charge in [-0.3, -0.25) is 0 Å². The van der Waals surface area contributed by atoms with Gasteiger partial charge in [0.05, 0.1) is 12.0 Å². The molecule has 1 aromatic carbocycles. The van der Waals surface area contributed by atoms with Crippen LogP contribution in [0.25, 0.3) is 0 Å². The maximum absolute atomic E-state index is 13.2. The molecule has 1 N–H and O–H groups in total. The molecule has 0 aliphatic carbocycles. The standard InChI is InChI=1S/C9H7Cl2F3O2S/c1-16-5-2-3-7(6(15)4-5)17-9(13,14)8(10,11)12/h2-4,15H,1H3. The Balaban J connectivity index is 2.96. The van der Waals surface area contributed by atoms with Crippen molar-refractivity contribution >= 4 is 35.0 Å². The quantitative estimate of drug-likeness (QED) is 0.668. The largest absolute Gasteiger partial charge is 0.507 e. The lowest BCUT2D eigenvalue weighted by atomic mass is 10.3. The van der Waals surface area contributed by atoms with Gasteiger partial charge in [0.1, 0.15) is 11.5 Å². The molecule has 0 radical (unpaired) electrons. The van der Waals surface area contributed by atoms with Crippen molar-refractivity contribution in [2.45, 2.75) is 14.7 Å². The summed E-state index contributed by atoms with van der Waals surface area (Å²) in [5.74, 6) is -0.204. The Morgan fingerprint density at radius 3 is 2.29 bits per heavy atom. The summed E-state index contributed by atoms with van der Waals surface area (Å²) in [7, 11) is 1.35. The third-order valence-electron chi connectivity index (χ3n) is 1.73. The van der Waals surface area contributed by atoms with E-state index in [0.29, 0.717) is 0 Å². The highest BCUT2D eigenvalue weighted by atomic mass is 35.5. The third-order valence-corrected chi connectivity index (χ3v) is 3.54. The van der Waals surface area contributed by atoms with Gasteiger partial charge in [0, 0.05) is 6.07 Å². The molecule has 96 valence electrons. The first-order chi connectivity index (χ1) is 7.67. The van der Waals surface area contributed by atoms with Crippen LogP contribution in [0.1, 0.15) is 0 Å². The zero-order valence-corrected chi connectivity index (χ0v) is 10.7. The van der Waals surface area contributed by atoms with E-state index in [1.165, 1.54) is 13.2 Å². The van der Waals surface area contributed by atoms with Crippen molar-refractivity contribution in [3.8, 4) is 11.5 Å². The van der Waals surface area contributed by atoms with Crippen molar-refractivity contribution in [2.24, 2.45) is 0 Å². The van der Waals surface area contributed by atoms with Crippen LogP contribution in [0, 0.1) is 0 Å². The van der Waals surface area contributed by atoms with E-state index in [1.807, 2.05) is 0 Å². The van der Waals surface area contributed by atoms with E-state index in [1.54, 1.807) is 0 Å². The van der Waals surface area contributed by atoms with Crippen LogP contribution < -0.4 is 4.74 Å². The maximum atomic E-state index is 13.2. The average molecular weight is 307 g/mol. The predicted octanol–water partition coefficient (Wildman–Crippen LogP) is 4.19. The highest BCUT2D eigenvalue weighted by molar-refractivity contribution is 8.00. The van der Waals surface area contributed by atoms with Crippen LogP contribution in [0.3, 0.4) is 0 Å². The van der Waals surface area contributed by atoms with E-state index in [0.717, 1.165) is 12.1 Å². The van der Waals surface area contributed by atoms with Gasteiger partial charge in [0.15, 0.2) is 0 Å². The number of aromatic hydroxyl groups is 1. The number of alkyl halides is 5. The first kappa shape index (κ1) is 14.6. The van der Waals surface area contributed by atoms with Gasteiger partial charge in [-0.15, -0.1) is 0 Å². The van der Waals surface area contributed by atoms with Crippen LogP contribution in [0.4, 0.5) is 13.2 Å². The van der Waals surface area contributed by atoms with Gasteiger partial charge in [-0.05, 0) is 23.9 Å². The highest BCUT2D eigenvalue weighted by Gasteiger charge is 2.54. The van der Waals surface area contributed by atoms with E-state index in [9.17, 15) is 18.3 Å². The first-order valence-electron chi connectivity index (χ1n) is 4.18. The van der Waals surface area contributed by atoms with Crippen molar-refractivity contribution < 1.29 is 23.0 Å². The lowest BCUT2D eigenvalue weighted by molar-refractivity contribution is 0.0324. The second-order valence-corrected chi connectivity index (χ2v) is 5.34. The molecule has 0 aliphatic rings. The average Bonchev–Trinajstić information content (AvgIpc) is 2.19. The Morgan fingerprint density at radius 1 is 1.29 bits per heavy atom. The zero-order chi connectivity index (χ0) is 13.3. The molecule has 2 nitrogen and oxygen atoms in total. The fourth-order valence-corrected chi connectivity index (χ4v) is 1.83. The van der Waals surface area contributed by atoms with Gasteiger partial charge < -0.3 is 9.84 Å². The van der Waals surface area contributed by atoms with Crippen molar-refractivity contribution in [1.82, 2.24) is 0 Å². The van der Waals surface area contributed by atoms with Crippen LogP contribution in [0.5, 0.6) is 11.5 Å². The van der Waals surface area contributed by atoms with E-state index < -0.39 is 15.6 Å². The minimum atomic E-state index is -4.10. The Bertz CT molecular complexity index is 410. The molecule has 0 unspecified atom stereocenters. The zero-order valence-electron chi connectivity index (χ0n) is 8.39. The number of halogens is 5. The number of ether oxygens (including phenoxy) is 1. The molecule has 0 fully saturated rings. The molecule has 0 saturated carbocycles. The number of phenolic OH excluding ortho intramolecular Hbond substituents is 1. The molecule has 8 heteroatoms. The topological polar surface area (TPSA) is 29.5 Å². The lowest BCUT2D eigenvalue weighted by Gasteiger charge is -2.21. The van der Waals surface area contributed by atoms with Crippen molar-refractivity contribution in [3.05, 3.63) is 18.2 Å². The molecule has 0 amide bonds. The number of benzene rings is 1. The normalized spacial score (nSPS) is 12.6. The molecule has 0 bridgehead atoms. The molecule has 0 atom stereocenters. The molecule has 1 rings (SSSR count). The number of rotatable bonds is 4. The first-order valence-corrected chi connectivity index (χ1v) is 5.75. The van der Waals surface area contributed by atoms with Crippen molar-refractivity contribution in [2.75, 3.05) is 7.11 Å². The SMILES string of the molecule is COc1ccc(SC(F)(F)C(F)(Cl)Cl)c(O)c1. The molecule has 0 saturated heterocycles. The third kappa shape index (κ3) is 3.50. The van der Waals surface area contributed by atoms with Gasteiger partial charge in [-0.1, -0.05) is 23.2 Å². The number of methoxy groups -OCH3 is 1. The van der Waals surface area contributed by atoms with Gasteiger partial charge in [0.2, 0.25) is 0 Å². The fourth-order valence-electron chi connectivity index (χ4n) is 0.906. The summed E-state index contributed by atoms with van der Waals surface area (Å²) in [4.78, 5) is -0.265. The smallest absolute Gasteiger partial charge is 0.359 e. The minimum absolute atomic E-state index is 0.265. The van der Waals surface area contributed by atoms with Crippen LogP contribution in [-0.4, -0.2) is 22.1 Å². The fraction of sp³-hybridized carbons (Fsp3) is 0.333. The maximum Gasteiger partial charge on any atom is 0.359 e. The highest BCUT2D eigenvalue weighted by Crippen LogP contribution is 2.52. The number of hydrogen-bond acceptors (Lipinski definition) is 3. The second-order valence-electron chi connectivity index (χ2n) is 2.95. The number of thioether (sulfide) groups is 1. The molecular formula is C9H7Cl2F3O2S.